The van der Waals surface area contributed by atoms with Gasteiger partial charge in [0.25, 0.3) is 0 Å². The zero-order valence-corrected chi connectivity index (χ0v) is 8.19. The van der Waals surface area contributed by atoms with Gasteiger partial charge in [-0.05, 0) is 13.0 Å². The van der Waals surface area contributed by atoms with Crippen LogP contribution in [0.15, 0.2) is 0 Å². The molecule has 0 aliphatic carbocycles. The summed E-state index contributed by atoms with van der Waals surface area (Å²) in [6.07, 6.45) is 0.305. The summed E-state index contributed by atoms with van der Waals surface area (Å²) >= 11 is 0. The largest absolute Gasteiger partial charge is 0.396 e. The van der Waals surface area contributed by atoms with Crippen LogP contribution < -0.4 is 16.8 Å². The summed E-state index contributed by atoms with van der Waals surface area (Å²) in [7, 11) is 0. The van der Waals surface area contributed by atoms with Crippen molar-refractivity contribution in [2.75, 3.05) is 13.2 Å². The summed E-state index contributed by atoms with van der Waals surface area (Å²) in [5.41, 5.74) is 10.3. The number of hydrogen-bond donors (Lipinski definition) is 4. The summed E-state index contributed by atoms with van der Waals surface area (Å²) < 4.78 is 0. The van der Waals surface area contributed by atoms with E-state index in [-0.39, 0.29) is 13.2 Å². The molecule has 82 valence electrons. The molecule has 0 bridgehead atoms. The Morgan fingerprint density at radius 2 is 2.07 bits per heavy atom. The minimum Gasteiger partial charge on any atom is -0.396 e. The Morgan fingerprint density at radius 1 is 1.50 bits per heavy atom. The summed E-state index contributed by atoms with van der Waals surface area (Å²) in [4.78, 5) is 22.1. The van der Waals surface area contributed by atoms with Gasteiger partial charge in [-0.3, -0.25) is 9.59 Å². The van der Waals surface area contributed by atoms with Gasteiger partial charge in [-0.2, -0.15) is 0 Å². The molecule has 0 aromatic heterocycles. The van der Waals surface area contributed by atoms with Gasteiger partial charge in [0, 0.05) is 0 Å². The van der Waals surface area contributed by atoms with E-state index in [9.17, 15) is 9.59 Å². The number of nitrogens with one attached hydrogen (secondary N) is 1. The third-order valence-corrected chi connectivity index (χ3v) is 1.84. The Balaban J connectivity index is 4.15. The molecule has 2 unspecified atom stereocenters. The predicted molar refractivity (Wildman–Crippen MR) is 51.0 cm³/mol. The number of hydrogen-bond acceptors (Lipinski definition) is 4. The average molecular weight is 203 g/mol. The lowest BCUT2D eigenvalue weighted by atomic mass is 10.1. The van der Waals surface area contributed by atoms with Crippen molar-refractivity contribution in [2.45, 2.75) is 19.4 Å². The van der Waals surface area contributed by atoms with E-state index in [1.165, 1.54) is 0 Å². The highest BCUT2D eigenvalue weighted by Crippen LogP contribution is 1.96. The fraction of sp³-hybridized carbons (Fsp3) is 0.750. The number of rotatable bonds is 6. The highest BCUT2D eigenvalue weighted by atomic mass is 16.3. The van der Waals surface area contributed by atoms with Gasteiger partial charge < -0.3 is 21.9 Å². The lowest BCUT2D eigenvalue weighted by Gasteiger charge is -2.16. The number of nitrogens with two attached hydrogens (primary N) is 2. The molecule has 2 atom stereocenters. The molecule has 0 fully saturated rings. The number of carbonyl (C=O) groups is 2. The molecule has 0 saturated carbocycles. The molecule has 14 heavy (non-hydrogen) atoms. The lowest BCUT2D eigenvalue weighted by molar-refractivity contribution is -0.130. The summed E-state index contributed by atoms with van der Waals surface area (Å²) in [5.74, 6) is -1.56. The van der Waals surface area contributed by atoms with E-state index < -0.39 is 23.8 Å². The SMILES string of the molecule is CC(CO)C(=O)NC(CCN)C(N)=O. The molecule has 0 aromatic carbocycles. The Hall–Kier alpha value is -1.14. The van der Waals surface area contributed by atoms with Crippen molar-refractivity contribution in [1.82, 2.24) is 5.32 Å². The van der Waals surface area contributed by atoms with Crippen molar-refractivity contribution in [3.05, 3.63) is 0 Å². The van der Waals surface area contributed by atoms with Gasteiger partial charge in [-0.1, -0.05) is 6.92 Å². The van der Waals surface area contributed by atoms with Gasteiger partial charge in [0.1, 0.15) is 6.04 Å². The fourth-order valence-corrected chi connectivity index (χ4v) is 0.849. The molecule has 0 rings (SSSR count). The lowest BCUT2D eigenvalue weighted by Crippen LogP contribution is -2.47. The van der Waals surface area contributed by atoms with Crippen molar-refractivity contribution in [2.24, 2.45) is 17.4 Å². The standard InChI is InChI=1S/C8H17N3O3/c1-5(4-12)8(14)11-6(2-3-9)7(10)13/h5-6,12H,2-4,9H2,1H3,(H2,10,13)(H,11,14). The minimum absolute atomic E-state index is 0.264. The van der Waals surface area contributed by atoms with Crippen molar-refractivity contribution in [3.63, 3.8) is 0 Å². The topological polar surface area (TPSA) is 118 Å². The Kier molecular flexibility index (Phi) is 5.82. The molecular weight excluding hydrogens is 186 g/mol. The second-order valence-electron chi connectivity index (χ2n) is 3.12. The summed E-state index contributed by atoms with van der Waals surface area (Å²) in [6, 6.07) is -0.749. The van der Waals surface area contributed by atoms with Gasteiger partial charge in [0.05, 0.1) is 12.5 Å². The molecule has 2 amide bonds. The Morgan fingerprint density at radius 3 is 2.43 bits per heavy atom. The maximum atomic E-state index is 11.2. The average Bonchev–Trinajstić information content (AvgIpc) is 2.15. The van der Waals surface area contributed by atoms with Crippen LogP contribution in [0.4, 0.5) is 0 Å². The molecule has 0 radical (unpaired) electrons. The number of aliphatic hydroxyl groups excluding tert-OH is 1. The monoisotopic (exact) mass is 203 g/mol. The number of carbonyl (C=O) groups excluding carboxylic acids is 2. The van der Waals surface area contributed by atoms with Crippen LogP contribution in [-0.2, 0) is 9.59 Å². The normalized spacial score (nSPS) is 14.5. The number of aliphatic hydroxyl groups is 1. The maximum Gasteiger partial charge on any atom is 0.240 e. The van der Waals surface area contributed by atoms with Gasteiger partial charge in [0.2, 0.25) is 11.8 Å². The van der Waals surface area contributed by atoms with Gasteiger partial charge in [0.15, 0.2) is 0 Å². The van der Waals surface area contributed by atoms with Crippen LogP contribution in [0.2, 0.25) is 0 Å². The quantitative estimate of drug-likeness (QED) is 0.396. The zero-order valence-electron chi connectivity index (χ0n) is 8.19. The number of primary amides is 1. The smallest absolute Gasteiger partial charge is 0.240 e. The van der Waals surface area contributed by atoms with Gasteiger partial charge in [-0.25, -0.2) is 0 Å². The van der Waals surface area contributed by atoms with Crippen LogP contribution >= 0.6 is 0 Å². The van der Waals surface area contributed by atoms with E-state index in [2.05, 4.69) is 5.32 Å². The Labute approximate surface area is 82.6 Å². The van der Waals surface area contributed by atoms with E-state index in [0.717, 1.165) is 0 Å². The first-order chi connectivity index (χ1) is 6.52. The van der Waals surface area contributed by atoms with E-state index >= 15 is 0 Å². The summed E-state index contributed by atoms with van der Waals surface area (Å²) in [6.45, 7) is 1.55. The molecule has 0 aliphatic rings. The molecule has 6 N–H and O–H groups in total. The molecule has 0 heterocycles. The van der Waals surface area contributed by atoms with Crippen molar-refractivity contribution in [1.29, 1.82) is 0 Å². The van der Waals surface area contributed by atoms with Gasteiger partial charge >= 0.3 is 0 Å². The molecule has 0 spiro atoms. The molecule has 0 aliphatic heterocycles. The van der Waals surface area contributed by atoms with Crippen molar-refractivity contribution >= 4 is 11.8 Å². The number of amides is 2. The van der Waals surface area contributed by atoms with Crippen LogP contribution in [-0.4, -0.2) is 36.1 Å². The first-order valence-corrected chi connectivity index (χ1v) is 4.43. The molecule has 6 nitrogen and oxygen atoms in total. The second-order valence-corrected chi connectivity index (χ2v) is 3.12. The third-order valence-electron chi connectivity index (χ3n) is 1.84. The van der Waals surface area contributed by atoms with Crippen LogP contribution in [0.1, 0.15) is 13.3 Å². The highest BCUT2D eigenvalue weighted by Gasteiger charge is 2.20. The van der Waals surface area contributed by atoms with Crippen LogP contribution in [0.25, 0.3) is 0 Å². The van der Waals surface area contributed by atoms with Crippen LogP contribution in [0, 0.1) is 5.92 Å². The molecule has 0 aromatic rings. The molecule has 0 saturated heterocycles. The van der Waals surface area contributed by atoms with Gasteiger partial charge in [-0.15, -0.1) is 0 Å². The second kappa shape index (κ2) is 6.33. The minimum atomic E-state index is -0.749. The fourth-order valence-electron chi connectivity index (χ4n) is 0.849. The maximum absolute atomic E-state index is 11.2. The first-order valence-electron chi connectivity index (χ1n) is 4.43. The predicted octanol–water partition coefficient (Wildman–Crippen LogP) is -2.07. The summed E-state index contributed by atoms with van der Waals surface area (Å²) in [5, 5.41) is 11.1. The zero-order chi connectivity index (χ0) is 11.1. The van der Waals surface area contributed by atoms with E-state index in [4.69, 9.17) is 16.6 Å². The van der Waals surface area contributed by atoms with E-state index in [1.807, 2.05) is 0 Å². The third kappa shape index (κ3) is 4.20. The van der Waals surface area contributed by atoms with Crippen molar-refractivity contribution < 1.29 is 14.7 Å². The van der Waals surface area contributed by atoms with Crippen LogP contribution in [0.5, 0.6) is 0 Å². The highest BCUT2D eigenvalue weighted by molar-refractivity contribution is 5.87. The first kappa shape index (κ1) is 12.9. The molecule has 6 heteroatoms. The van der Waals surface area contributed by atoms with E-state index in [0.29, 0.717) is 6.42 Å². The van der Waals surface area contributed by atoms with E-state index in [1.54, 1.807) is 6.92 Å². The van der Waals surface area contributed by atoms with Crippen molar-refractivity contribution in [3.8, 4) is 0 Å². The van der Waals surface area contributed by atoms with Crippen LogP contribution in [0.3, 0.4) is 0 Å². The Bertz CT molecular complexity index is 208. The molecular formula is C8H17N3O3.